The molecule has 0 saturated carbocycles. The van der Waals surface area contributed by atoms with E-state index in [0.717, 1.165) is 11.8 Å². The summed E-state index contributed by atoms with van der Waals surface area (Å²) < 4.78 is 46.7. The molecule has 0 unspecified atom stereocenters. The Morgan fingerprint density at radius 3 is 2.21 bits per heavy atom. The Bertz CT molecular complexity index is 1070. The first-order valence-corrected chi connectivity index (χ1v) is 10.7. The maximum atomic E-state index is 13.6. The molecule has 33 heavy (non-hydrogen) atoms. The standard InChI is InChI=1S/C25H29F3N4O/c1-16(2)15-33-21-9-7-6-8-20(21)31-22-19(25(26,27)28)14-29-23(32-22)30-18-12-10-17(11-13-18)24(3,4)5/h6-14,16H,15H2,1-5H3,(H2,29,30,31,32). The first-order chi connectivity index (χ1) is 15.4. The van der Waals surface area contributed by atoms with Crippen LogP contribution in [0.1, 0.15) is 45.7 Å². The van der Waals surface area contributed by atoms with Gasteiger partial charge in [-0.3, -0.25) is 0 Å². The van der Waals surface area contributed by atoms with Crippen molar-refractivity contribution in [1.82, 2.24) is 9.97 Å². The molecule has 176 valence electrons. The normalized spacial score (nSPS) is 12.0. The van der Waals surface area contributed by atoms with Gasteiger partial charge in [0.15, 0.2) is 0 Å². The highest BCUT2D eigenvalue weighted by molar-refractivity contribution is 5.67. The third-order valence-electron chi connectivity index (χ3n) is 4.81. The van der Waals surface area contributed by atoms with Crippen molar-refractivity contribution in [2.45, 2.75) is 46.2 Å². The van der Waals surface area contributed by atoms with E-state index in [1.54, 1.807) is 24.3 Å². The maximum Gasteiger partial charge on any atom is 0.421 e. The van der Waals surface area contributed by atoms with Crippen LogP contribution < -0.4 is 15.4 Å². The molecule has 0 amide bonds. The van der Waals surface area contributed by atoms with Gasteiger partial charge in [0.25, 0.3) is 0 Å². The molecule has 5 nitrogen and oxygen atoms in total. The molecule has 0 radical (unpaired) electrons. The SMILES string of the molecule is CC(C)COc1ccccc1Nc1nc(Nc2ccc(C(C)(C)C)cc2)ncc1C(F)(F)F. The van der Waals surface area contributed by atoms with Gasteiger partial charge in [0.1, 0.15) is 17.1 Å². The molecule has 0 bridgehead atoms. The van der Waals surface area contributed by atoms with Crippen molar-refractivity contribution >= 4 is 23.1 Å². The zero-order valence-corrected chi connectivity index (χ0v) is 19.4. The van der Waals surface area contributed by atoms with Crippen molar-refractivity contribution in [3.05, 3.63) is 65.9 Å². The number of para-hydroxylation sites is 2. The average molecular weight is 459 g/mol. The third kappa shape index (κ3) is 6.60. The second-order valence-electron chi connectivity index (χ2n) is 9.23. The molecule has 2 N–H and O–H groups in total. The summed E-state index contributed by atoms with van der Waals surface area (Å²) in [5.74, 6) is 0.412. The van der Waals surface area contributed by atoms with E-state index in [9.17, 15) is 13.2 Å². The molecular weight excluding hydrogens is 429 g/mol. The second kappa shape index (κ2) is 9.68. The fraction of sp³-hybridized carbons (Fsp3) is 0.360. The van der Waals surface area contributed by atoms with Gasteiger partial charge in [0, 0.05) is 11.9 Å². The van der Waals surface area contributed by atoms with Gasteiger partial charge in [-0.2, -0.15) is 18.2 Å². The molecule has 0 atom stereocenters. The first-order valence-electron chi connectivity index (χ1n) is 10.7. The fourth-order valence-electron chi connectivity index (χ4n) is 3.01. The van der Waals surface area contributed by atoms with Crippen LogP contribution in [0, 0.1) is 5.92 Å². The zero-order chi connectivity index (χ0) is 24.2. The number of anilines is 4. The van der Waals surface area contributed by atoms with Gasteiger partial charge in [-0.25, -0.2) is 4.98 Å². The van der Waals surface area contributed by atoms with Crippen LogP contribution in [0.15, 0.2) is 54.7 Å². The summed E-state index contributed by atoms with van der Waals surface area (Å²) >= 11 is 0. The van der Waals surface area contributed by atoms with E-state index in [4.69, 9.17) is 4.74 Å². The quantitative estimate of drug-likeness (QED) is 0.389. The summed E-state index contributed by atoms with van der Waals surface area (Å²) in [6.45, 7) is 10.7. The van der Waals surface area contributed by atoms with Crippen LogP contribution in [0.3, 0.4) is 0 Å². The Balaban J connectivity index is 1.90. The van der Waals surface area contributed by atoms with Crippen molar-refractivity contribution < 1.29 is 17.9 Å². The molecule has 1 heterocycles. The predicted molar refractivity (Wildman–Crippen MR) is 126 cm³/mol. The molecule has 1 aromatic heterocycles. The first kappa shape index (κ1) is 24.4. The van der Waals surface area contributed by atoms with E-state index in [1.165, 1.54) is 0 Å². The monoisotopic (exact) mass is 458 g/mol. The molecule has 3 aromatic rings. The van der Waals surface area contributed by atoms with Gasteiger partial charge in [-0.15, -0.1) is 0 Å². The highest BCUT2D eigenvalue weighted by Crippen LogP contribution is 2.37. The van der Waals surface area contributed by atoms with Crippen molar-refractivity contribution in [2.24, 2.45) is 5.92 Å². The highest BCUT2D eigenvalue weighted by atomic mass is 19.4. The number of nitrogens with one attached hydrogen (secondary N) is 2. The molecule has 2 aromatic carbocycles. The van der Waals surface area contributed by atoms with Gasteiger partial charge in [0.05, 0.1) is 12.3 Å². The molecule has 0 saturated heterocycles. The topological polar surface area (TPSA) is 59.1 Å². The number of benzene rings is 2. The van der Waals surface area contributed by atoms with Crippen LogP contribution in [-0.2, 0) is 11.6 Å². The lowest BCUT2D eigenvalue weighted by Crippen LogP contribution is -2.13. The number of alkyl halides is 3. The predicted octanol–water partition coefficient (Wildman–Crippen LogP) is 7.31. The number of aromatic nitrogens is 2. The zero-order valence-electron chi connectivity index (χ0n) is 19.4. The van der Waals surface area contributed by atoms with Gasteiger partial charge in [-0.1, -0.05) is 58.9 Å². The van der Waals surface area contributed by atoms with E-state index in [2.05, 4.69) is 41.4 Å². The summed E-state index contributed by atoms with van der Waals surface area (Å²) in [5, 5.41) is 5.77. The summed E-state index contributed by atoms with van der Waals surface area (Å²) in [5.41, 5.74) is 1.24. The van der Waals surface area contributed by atoms with E-state index in [-0.39, 0.29) is 23.1 Å². The van der Waals surface area contributed by atoms with E-state index in [0.29, 0.717) is 23.7 Å². The van der Waals surface area contributed by atoms with Crippen LogP contribution in [0.5, 0.6) is 5.75 Å². The van der Waals surface area contributed by atoms with E-state index >= 15 is 0 Å². The van der Waals surface area contributed by atoms with Crippen LogP contribution in [0.4, 0.5) is 36.3 Å². The van der Waals surface area contributed by atoms with Crippen molar-refractivity contribution in [2.75, 3.05) is 17.2 Å². The van der Waals surface area contributed by atoms with Gasteiger partial charge < -0.3 is 15.4 Å². The number of nitrogens with zero attached hydrogens (tertiary/aromatic N) is 2. The Morgan fingerprint density at radius 1 is 0.939 bits per heavy atom. The molecule has 0 aliphatic rings. The van der Waals surface area contributed by atoms with Crippen LogP contribution in [-0.4, -0.2) is 16.6 Å². The lowest BCUT2D eigenvalue weighted by atomic mass is 9.87. The molecule has 0 fully saturated rings. The summed E-state index contributed by atoms with van der Waals surface area (Å²) in [6, 6.07) is 14.5. The lowest BCUT2D eigenvalue weighted by molar-refractivity contribution is -0.137. The molecule has 3 rings (SSSR count). The minimum Gasteiger partial charge on any atom is -0.491 e. The average Bonchev–Trinajstić information content (AvgIpc) is 2.72. The number of hydrogen-bond acceptors (Lipinski definition) is 5. The highest BCUT2D eigenvalue weighted by Gasteiger charge is 2.35. The van der Waals surface area contributed by atoms with Crippen molar-refractivity contribution in [1.29, 1.82) is 0 Å². The number of rotatable bonds is 7. The Hall–Kier alpha value is -3.29. The minimum absolute atomic E-state index is 0.00842. The lowest BCUT2D eigenvalue weighted by Gasteiger charge is -2.19. The van der Waals surface area contributed by atoms with Gasteiger partial charge >= 0.3 is 6.18 Å². The molecule has 0 aliphatic heterocycles. The number of ether oxygens (including phenoxy) is 1. The van der Waals surface area contributed by atoms with E-state index in [1.807, 2.05) is 38.1 Å². The smallest absolute Gasteiger partial charge is 0.421 e. The second-order valence-corrected chi connectivity index (χ2v) is 9.23. The third-order valence-corrected chi connectivity index (χ3v) is 4.81. The largest absolute Gasteiger partial charge is 0.491 e. The summed E-state index contributed by atoms with van der Waals surface area (Å²) in [4.78, 5) is 8.01. The van der Waals surface area contributed by atoms with Crippen molar-refractivity contribution in [3.63, 3.8) is 0 Å². The fourth-order valence-corrected chi connectivity index (χ4v) is 3.01. The minimum atomic E-state index is -4.62. The van der Waals surface area contributed by atoms with Crippen LogP contribution in [0.25, 0.3) is 0 Å². The molecule has 0 aliphatic carbocycles. The maximum absolute atomic E-state index is 13.6. The number of hydrogen-bond donors (Lipinski definition) is 2. The summed E-state index contributed by atoms with van der Waals surface area (Å²) in [6.07, 6.45) is -3.85. The van der Waals surface area contributed by atoms with Crippen molar-refractivity contribution in [3.8, 4) is 5.75 Å². The number of halogens is 3. The Kier molecular flexibility index (Phi) is 7.15. The summed E-state index contributed by atoms with van der Waals surface area (Å²) in [7, 11) is 0. The molecule has 8 heteroatoms. The van der Waals surface area contributed by atoms with E-state index < -0.39 is 11.7 Å². The molecular formula is C25H29F3N4O. The molecule has 0 spiro atoms. The van der Waals surface area contributed by atoms with Crippen LogP contribution >= 0.6 is 0 Å². The Labute approximate surface area is 192 Å². The van der Waals surface area contributed by atoms with Gasteiger partial charge in [0.2, 0.25) is 5.95 Å². The Morgan fingerprint density at radius 2 is 1.61 bits per heavy atom. The van der Waals surface area contributed by atoms with Crippen LogP contribution in [0.2, 0.25) is 0 Å². The van der Waals surface area contributed by atoms with Gasteiger partial charge in [-0.05, 0) is 41.2 Å².